The highest BCUT2D eigenvalue weighted by molar-refractivity contribution is 5.01. The van der Waals surface area contributed by atoms with Gasteiger partial charge in [0, 0.05) is 12.6 Å². The van der Waals surface area contributed by atoms with E-state index in [1.165, 1.54) is 32.1 Å². The van der Waals surface area contributed by atoms with Gasteiger partial charge in [-0.3, -0.25) is 0 Å². The van der Waals surface area contributed by atoms with E-state index in [9.17, 15) is 0 Å². The number of hydrogen-bond acceptors (Lipinski definition) is 2. The summed E-state index contributed by atoms with van der Waals surface area (Å²) in [6.45, 7) is 7.51. The van der Waals surface area contributed by atoms with Gasteiger partial charge >= 0.3 is 0 Å². The summed E-state index contributed by atoms with van der Waals surface area (Å²) in [7, 11) is 0. The highest BCUT2D eigenvalue weighted by Gasteiger charge is 2.50. The Morgan fingerprint density at radius 1 is 0.950 bits per heavy atom. The minimum absolute atomic E-state index is 0.622. The van der Waals surface area contributed by atoms with Gasteiger partial charge in [-0.2, -0.15) is 0 Å². The maximum Gasteiger partial charge on any atom is 0.0622 e. The summed E-state index contributed by atoms with van der Waals surface area (Å²) >= 11 is 0. The third-order valence-corrected chi connectivity index (χ3v) is 6.07. The molecule has 0 saturated heterocycles. The first-order chi connectivity index (χ1) is 9.81. The van der Waals surface area contributed by atoms with Crippen LogP contribution in [0.25, 0.3) is 0 Å². The van der Waals surface area contributed by atoms with Crippen LogP contribution in [0, 0.1) is 29.6 Å². The third kappa shape index (κ3) is 3.06. The van der Waals surface area contributed by atoms with E-state index in [1.807, 2.05) is 0 Å². The van der Waals surface area contributed by atoms with Crippen molar-refractivity contribution < 1.29 is 4.74 Å². The van der Waals surface area contributed by atoms with Gasteiger partial charge < -0.3 is 10.1 Å². The first-order valence-electron chi connectivity index (χ1n) is 9.12. The van der Waals surface area contributed by atoms with Crippen molar-refractivity contribution >= 4 is 0 Å². The molecule has 1 N–H and O–H groups in total. The Balaban J connectivity index is 1.63. The molecule has 20 heavy (non-hydrogen) atoms. The second-order valence-electron chi connectivity index (χ2n) is 7.64. The molecule has 1 atom stereocenters. The van der Waals surface area contributed by atoms with Crippen LogP contribution in [0.4, 0.5) is 0 Å². The van der Waals surface area contributed by atoms with Crippen LogP contribution >= 0.6 is 0 Å². The van der Waals surface area contributed by atoms with Crippen LogP contribution in [0.5, 0.6) is 0 Å². The van der Waals surface area contributed by atoms with Crippen molar-refractivity contribution in [3.05, 3.63) is 0 Å². The molecule has 1 unspecified atom stereocenters. The predicted octanol–water partition coefficient (Wildman–Crippen LogP) is 3.85. The molecule has 2 heteroatoms. The molecule has 2 nitrogen and oxygen atoms in total. The summed E-state index contributed by atoms with van der Waals surface area (Å²) in [6, 6.07) is 0.622. The van der Waals surface area contributed by atoms with Gasteiger partial charge in [0.1, 0.15) is 0 Å². The van der Waals surface area contributed by atoms with Gasteiger partial charge in [0.2, 0.25) is 0 Å². The monoisotopic (exact) mass is 279 g/mol. The maximum absolute atomic E-state index is 5.94. The first-order valence-corrected chi connectivity index (χ1v) is 9.12. The highest BCUT2D eigenvalue weighted by Crippen LogP contribution is 2.57. The first kappa shape index (κ1) is 14.8. The Labute approximate surface area is 125 Å². The smallest absolute Gasteiger partial charge is 0.0622 e. The van der Waals surface area contributed by atoms with Gasteiger partial charge in [0.25, 0.3) is 0 Å². The molecule has 0 aliphatic heterocycles. The molecule has 4 fully saturated rings. The zero-order valence-corrected chi connectivity index (χ0v) is 13.4. The molecular formula is C18H33NO. The molecule has 0 aromatic carbocycles. The van der Waals surface area contributed by atoms with Gasteiger partial charge in [-0.1, -0.05) is 13.8 Å². The minimum atomic E-state index is 0.622. The summed E-state index contributed by atoms with van der Waals surface area (Å²) in [4.78, 5) is 0. The van der Waals surface area contributed by atoms with Crippen LogP contribution in [-0.2, 0) is 4.74 Å². The molecule has 4 bridgehead atoms. The minimum Gasteiger partial charge on any atom is -0.380 e. The fraction of sp³-hybridized carbons (Fsp3) is 1.00. The lowest BCUT2D eigenvalue weighted by atomic mass is 9.50. The fourth-order valence-electron chi connectivity index (χ4n) is 5.61. The largest absolute Gasteiger partial charge is 0.380 e. The van der Waals surface area contributed by atoms with E-state index < -0.39 is 0 Å². The van der Waals surface area contributed by atoms with E-state index >= 15 is 0 Å². The SMILES string of the molecule is CCCNC(COCCC)C1C2CC3CC(C2)CC1C3. The molecule has 0 spiro atoms. The number of nitrogens with one attached hydrogen (secondary N) is 1. The standard InChI is InChI=1S/C18H33NO/c1-3-5-19-17(12-20-6-4-2)18-15-8-13-7-14(10-15)11-16(18)9-13/h13-19H,3-12H2,1-2H3. The van der Waals surface area contributed by atoms with Crippen LogP contribution < -0.4 is 5.32 Å². The second-order valence-corrected chi connectivity index (χ2v) is 7.64. The van der Waals surface area contributed by atoms with E-state index in [-0.39, 0.29) is 0 Å². The van der Waals surface area contributed by atoms with Gasteiger partial charge in [-0.15, -0.1) is 0 Å². The molecule has 4 saturated carbocycles. The molecule has 0 radical (unpaired) electrons. The summed E-state index contributed by atoms with van der Waals surface area (Å²) < 4.78 is 5.94. The lowest BCUT2D eigenvalue weighted by Crippen LogP contribution is -2.54. The zero-order chi connectivity index (χ0) is 13.9. The summed E-state index contributed by atoms with van der Waals surface area (Å²) in [5.74, 6) is 5.08. The topological polar surface area (TPSA) is 21.3 Å². The number of ether oxygens (including phenoxy) is 1. The van der Waals surface area contributed by atoms with Gasteiger partial charge in [0.05, 0.1) is 6.61 Å². The third-order valence-electron chi connectivity index (χ3n) is 6.07. The van der Waals surface area contributed by atoms with Crippen molar-refractivity contribution in [3.63, 3.8) is 0 Å². The van der Waals surface area contributed by atoms with Gasteiger partial charge in [0.15, 0.2) is 0 Å². The van der Waals surface area contributed by atoms with E-state index in [0.717, 1.165) is 55.8 Å². The molecule has 0 amide bonds. The van der Waals surface area contributed by atoms with Crippen LogP contribution in [0.3, 0.4) is 0 Å². The molecule has 0 aromatic heterocycles. The Kier molecular flexibility index (Phi) is 5.04. The highest BCUT2D eigenvalue weighted by atomic mass is 16.5. The van der Waals surface area contributed by atoms with E-state index in [1.54, 1.807) is 6.42 Å². The molecular weight excluding hydrogens is 246 g/mol. The average Bonchev–Trinajstić information content (AvgIpc) is 2.43. The van der Waals surface area contributed by atoms with Crippen molar-refractivity contribution in [1.29, 1.82) is 0 Å². The van der Waals surface area contributed by atoms with Gasteiger partial charge in [-0.25, -0.2) is 0 Å². The number of hydrogen-bond donors (Lipinski definition) is 1. The number of rotatable bonds is 8. The van der Waals surface area contributed by atoms with E-state index in [2.05, 4.69) is 19.2 Å². The summed E-state index contributed by atoms with van der Waals surface area (Å²) in [6.07, 6.45) is 10.0. The Morgan fingerprint density at radius 2 is 1.60 bits per heavy atom. The van der Waals surface area contributed by atoms with Crippen molar-refractivity contribution in [2.24, 2.45) is 29.6 Å². The van der Waals surface area contributed by atoms with Gasteiger partial charge in [-0.05, 0) is 81.1 Å². The Bertz CT molecular complexity index is 276. The van der Waals surface area contributed by atoms with Crippen LogP contribution in [0.2, 0.25) is 0 Å². The fourth-order valence-corrected chi connectivity index (χ4v) is 5.61. The molecule has 0 aromatic rings. The van der Waals surface area contributed by atoms with Crippen molar-refractivity contribution in [1.82, 2.24) is 5.32 Å². The quantitative estimate of drug-likeness (QED) is 0.681. The maximum atomic E-state index is 5.94. The molecule has 4 aliphatic rings. The Morgan fingerprint density at radius 3 is 2.15 bits per heavy atom. The molecule has 4 rings (SSSR count). The van der Waals surface area contributed by atoms with Crippen molar-refractivity contribution in [3.8, 4) is 0 Å². The lowest BCUT2D eigenvalue weighted by Gasteiger charge is -2.56. The van der Waals surface area contributed by atoms with E-state index in [0.29, 0.717) is 6.04 Å². The van der Waals surface area contributed by atoms with Crippen LogP contribution in [-0.4, -0.2) is 25.8 Å². The summed E-state index contributed by atoms with van der Waals surface area (Å²) in [5, 5.41) is 3.83. The normalized spacial score (nSPS) is 40.2. The van der Waals surface area contributed by atoms with Crippen molar-refractivity contribution in [2.75, 3.05) is 19.8 Å². The Hall–Kier alpha value is -0.0800. The van der Waals surface area contributed by atoms with Crippen LogP contribution in [0.1, 0.15) is 58.8 Å². The van der Waals surface area contributed by atoms with Crippen LogP contribution in [0.15, 0.2) is 0 Å². The van der Waals surface area contributed by atoms with Crippen molar-refractivity contribution in [2.45, 2.75) is 64.8 Å². The summed E-state index contributed by atoms with van der Waals surface area (Å²) in [5.41, 5.74) is 0. The average molecular weight is 279 g/mol. The second kappa shape index (κ2) is 6.79. The predicted molar refractivity (Wildman–Crippen MR) is 83.7 cm³/mol. The lowest BCUT2D eigenvalue weighted by molar-refractivity contribution is -0.0647. The van der Waals surface area contributed by atoms with E-state index in [4.69, 9.17) is 4.74 Å². The molecule has 0 heterocycles. The molecule has 116 valence electrons. The molecule has 4 aliphatic carbocycles. The zero-order valence-electron chi connectivity index (χ0n) is 13.4.